The Balaban J connectivity index is 2.08. The van der Waals surface area contributed by atoms with Gasteiger partial charge in [0.15, 0.2) is 5.76 Å². The van der Waals surface area contributed by atoms with Crippen molar-refractivity contribution in [2.24, 2.45) is 0 Å². The molecule has 0 spiro atoms. The van der Waals surface area contributed by atoms with Crippen LogP contribution < -0.4 is 0 Å². The van der Waals surface area contributed by atoms with Crippen LogP contribution in [-0.2, 0) is 11.3 Å². The van der Waals surface area contributed by atoms with Gasteiger partial charge in [-0.05, 0) is 18.2 Å². The highest BCUT2D eigenvalue weighted by atomic mass is 16.5. The van der Waals surface area contributed by atoms with Crippen molar-refractivity contribution >= 4 is 5.97 Å². The fraction of sp³-hybridized carbons (Fsp3) is 0.143. The summed E-state index contributed by atoms with van der Waals surface area (Å²) in [7, 11) is 1.48. The number of methoxy groups -OCH3 is 1. The lowest BCUT2D eigenvalue weighted by molar-refractivity contribution is 0.0691. The van der Waals surface area contributed by atoms with E-state index in [0.717, 1.165) is 0 Å². The molecule has 0 aliphatic rings. The van der Waals surface area contributed by atoms with Crippen LogP contribution in [0.5, 0.6) is 0 Å². The molecular weight excluding hydrogens is 288 g/mol. The van der Waals surface area contributed by atoms with E-state index in [4.69, 9.17) is 9.15 Å². The largest absolute Gasteiger partial charge is 0.478 e. The number of carboxylic acid groups (broad SMARTS) is 1. The lowest BCUT2D eigenvalue weighted by atomic mass is 10.2. The van der Waals surface area contributed by atoms with Crippen molar-refractivity contribution in [2.45, 2.75) is 6.61 Å². The number of carboxylic acids is 1. The van der Waals surface area contributed by atoms with Crippen LogP contribution in [0.1, 0.15) is 16.1 Å². The molecule has 0 aliphatic carbocycles. The summed E-state index contributed by atoms with van der Waals surface area (Å²) in [6, 6.07) is 5.22. The third-order valence-corrected chi connectivity index (χ3v) is 2.99. The van der Waals surface area contributed by atoms with Crippen molar-refractivity contribution in [3.63, 3.8) is 0 Å². The standard InChI is InChI=1S/C14H12N4O4/c1-21-8-11-9(13(19)20)7-16-18(11)14-15-5-4-10(17-14)12-3-2-6-22-12/h2-7H,8H2,1H3,(H,19,20). The zero-order valence-corrected chi connectivity index (χ0v) is 11.6. The molecule has 0 aliphatic heterocycles. The molecule has 0 aromatic carbocycles. The molecule has 22 heavy (non-hydrogen) atoms. The zero-order chi connectivity index (χ0) is 15.5. The summed E-state index contributed by atoms with van der Waals surface area (Å²) in [4.78, 5) is 19.7. The van der Waals surface area contributed by atoms with Gasteiger partial charge in [-0.25, -0.2) is 14.8 Å². The van der Waals surface area contributed by atoms with Crippen molar-refractivity contribution in [2.75, 3.05) is 7.11 Å². The number of rotatable bonds is 5. The second-order valence-corrected chi connectivity index (χ2v) is 4.37. The van der Waals surface area contributed by atoms with Crippen molar-refractivity contribution in [1.29, 1.82) is 0 Å². The Morgan fingerprint density at radius 3 is 3.00 bits per heavy atom. The Kier molecular flexibility index (Phi) is 3.67. The monoisotopic (exact) mass is 300 g/mol. The van der Waals surface area contributed by atoms with Gasteiger partial charge in [0.25, 0.3) is 5.95 Å². The van der Waals surface area contributed by atoms with E-state index in [1.165, 1.54) is 18.0 Å². The number of nitrogens with zero attached hydrogens (tertiary/aromatic N) is 4. The molecular formula is C14H12N4O4. The van der Waals surface area contributed by atoms with Crippen LogP contribution >= 0.6 is 0 Å². The average Bonchev–Trinajstić information content (AvgIpc) is 3.17. The molecule has 0 unspecified atom stereocenters. The van der Waals surface area contributed by atoms with Gasteiger partial charge in [-0.1, -0.05) is 0 Å². The highest BCUT2D eigenvalue weighted by Crippen LogP contribution is 2.19. The molecule has 0 saturated heterocycles. The molecule has 3 heterocycles. The molecule has 0 amide bonds. The molecule has 1 N–H and O–H groups in total. The zero-order valence-electron chi connectivity index (χ0n) is 11.6. The van der Waals surface area contributed by atoms with Crippen LogP contribution in [0.4, 0.5) is 0 Å². The Hall–Kier alpha value is -3.00. The number of carbonyl (C=O) groups is 1. The van der Waals surface area contributed by atoms with Gasteiger partial charge in [0.2, 0.25) is 0 Å². The minimum atomic E-state index is -1.08. The third kappa shape index (κ3) is 2.47. The van der Waals surface area contributed by atoms with Crippen LogP contribution in [-0.4, -0.2) is 37.9 Å². The summed E-state index contributed by atoms with van der Waals surface area (Å²) >= 11 is 0. The molecule has 3 aromatic heterocycles. The van der Waals surface area contributed by atoms with E-state index in [1.54, 1.807) is 30.7 Å². The van der Waals surface area contributed by atoms with Crippen LogP contribution in [0.15, 0.2) is 41.3 Å². The van der Waals surface area contributed by atoms with Crippen molar-refractivity contribution < 1.29 is 19.1 Å². The highest BCUT2D eigenvalue weighted by molar-refractivity contribution is 5.88. The first-order valence-corrected chi connectivity index (χ1v) is 6.37. The van der Waals surface area contributed by atoms with Gasteiger partial charge in [0, 0.05) is 13.3 Å². The summed E-state index contributed by atoms with van der Waals surface area (Å²) < 4.78 is 11.7. The minimum absolute atomic E-state index is 0.0499. The van der Waals surface area contributed by atoms with Crippen molar-refractivity contribution in [3.05, 3.63) is 48.1 Å². The summed E-state index contributed by atoms with van der Waals surface area (Å²) in [5.74, 6) is -0.253. The van der Waals surface area contributed by atoms with Gasteiger partial charge in [-0.2, -0.15) is 9.78 Å². The van der Waals surface area contributed by atoms with Crippen LogP contribution in [0.3, 0.4) is 0 Å². The maximum atomic E-state index is 11.2. The van der Waals surface area contributed by atoms with E-state index in [0.29, 0.717) is 17.1 Å². The van der Waals surface area contributed by atoms with E-state index in [1.807, 2.05) is 0 Å². The predicted octanol–water partition coefficient (Wildman–Crippen LogP) is 1.77. The summed E-state index contributed by atoms with van der Waals surface area (Å²) in [5.41, 5.74) is 0.992. The van der Waals surface area contributed by atoms with Gasteiger partial charge in [-0.15, -0.1) is 0 Å². The summed E-state index contributed by atoms with van der Waals surface area (Å²) in [6.45, 7) is 0.0793. The lowest BCUT2D eigenvalue weighted by Gasteiger charge is -2.06. The molecule has 0 atom stereocenters. The smallest absolute Gasteiger partial charge is 0.339 e. The fourth-order valence-corrected chi connectivity index (χ4v) is 2.01. The molecule has 112 valence electrons. The Morgan fingerprint density at radius 1 is 1.45 bits per heavy atom. The van der Waals surface area contributed by atoms with E-state index >= 15 is 0 Å². The molecule has 0 saturated carbocycles. The molecule has 8 nitrogen and oxygen atoms in total. The number of furan rings is 1. The second kappa shape index (κ2) is 5.78. The molecule has 3 rings (SSSR count). The van der Waals surface area contributed by atoms with Gasteiger partial charge >= 0.3 is 5.97 Å². The van der Waals surface area contributed by atoms with E-state index in [2.05, 4.69) is 15.1 Å². The normalized spacial score (nSPS) is 10.8. The van der Waals surface area contributed by atoms with E-state index in [-0.39, 0.29) is 18.1 Å². The topological polar surface area (TPSA) is 103 Å². The number of aromatic carboxylic acids is 1. The molecule has 0 bridgehead atoms. The number of aromatic nitrogens is 4. The quantitative estimate of drug-likeness (QED) is 0.765. The third-order valence-electron chi connectivity index (χ3n) is 2.99. The second-order valence-electron chi connectivity index (χ2n) is 4.37. The van der Waals surface area contributed by atoms with Crippen LogP contribution in [0, 0.1) is 0 Å². The van der Waals surface area contributed by atoms with Crippen LogP contribution in [0.25, 0.3) is 17.4 Å². The van der Waals surface area contributed by atoms with E-state index in [9.17, 15) is 9.90 Å². The minimum Gasteiger partial charge on any atom is -0.478 e. The van der Waals surface area contributed by atoms with Crippen molar-refractivity contribution in [3.8, 4) is 17.4 Å². The highest BCUT2D eigenvalue weighted by Gasteiger charge is 2.19. The van der Waals surface area contributed by atoms with Gasteiger partial charge in [0.1, 0.15) is 11.3 Å². The maximum absolute atomic E-state index is 11.2. The summed E-state index contributed by atoms with van der Waals surface area (Å²) in [5, 5.41) is 13.2. The molecule has 0 fully saturated rings. The van der Waals surface area contributed by atoms with Gasteiger partial charge in [0.05, 0.1) is 24.8 Å². The first-order valence-electron chi connectivity index (χ1n) is 6.37. The van der Waals surface area contributed by atoms with E-state index < -0.39 is 5.97 Å². The Morgan fingerprint density at radius 2 is 2.32 bits per heavy atom. The van der Waals surface area contributed by atoms with Crippen molar-refractivity contribution in [1.82, 2.24) is 19.7 Å². The number of ether oxygens (including phenoxy) is 1. The first-order chi connectivity index (χ1) is 10.7. The number of hydrogen-bond donors (Lipinski definition) is 1. The average molecular weight is 300 g/mol. The molecule has 3 aromatic rings. The predicted molar refractivity (Wildman–Crippen MR) is 74.5 cm³/mol. The molecule has 0 radical (unpaired) electrons. The van der Waals surface area contributed by atoms with Gasteiger partial charge in [-0.3, -0.25) is 0 Å². The first kappa shape index (κ1) is 14.0. The molecule has 8 heteroatoms. The summed E-state index contributed by atoms with van der Waals surface area (Å²) in [6.07, 6.45) is 4.35. The Labute approximate surface area is 125 Å². The SMILES string of the molecule is COCc1c(C(=O)O)cnn1-c1nccc(-c2ccco2)n1. The Bertz CT molecular complexity index is 795. The van der Waals surface area contributed by atoms with Gasteiger partial charge < -0.3 is 14.3 Å². The fourth-order valence-electron chi connectivity index (χ4n) is 2.01. The number of hydrogen-bond acceptors (Lipinski definition) is 6. The lowest BCUT2D eigenvalue weighted by Crippen LogP contribution is -2.10. The van der Waals surface area contributed by atoms with Crippen LogP contribution in [0.2, 0.25) is 0 Å². The maximum Gasteiger partial charge on any atom is 0.339 e.